The number of allylic oxidation sites excluding steroid dienone is 1. The second kappa shape index (κ2) is 7.23. The summed E-state index contributed by atoms with van der Waals surface area (Å²) < 4.78 is 18.1. The van der Waals surface area contributed by atoms with Crippen molar-refractivity contribution in [3.8, 4) is 5.75 Å². The van der Waals surface area contributed by atoms with Crippen LogP contribution < -0.4 is 10.1 Å². The van der Waals surface area contributed by atoms with Gasteiger partial charge in [-0.25, -0.2) is 9.38 Å². The summed E-state index contributed by atoms with van der Waals surface area (Å²) in [6.45, 7) is 9.05. The molecule has 0 aromatic heterocycles. The van der Waals surface area contributed by atoms with Crippen LogP contribution in [-0.4, -0.2) is 18.7 Å². The lowest BCUT2D eigenvalue weighted by Gasteiger charge is -2.08. The van der Waals surface area contributed by atoms with E-state index in [-0.39, 0.29) is 23.9 Å². The number of rotatable bonds is 6. The fourth-order valence-corrected chi connectivity index (χ4v) is 1.48. The molecular formula is C15H17FN2O2. The molecule has 5 heteroatoms. The Morgan fingerprint density at radius 2 is 2.25 bits per heavy atom. The summed E-state index contributed by atoms with van der Waals surface area (Å²) in [5, 5.41) is 2.67. The molecule has 1 N–H and O–H groups in total. The van der Waals surface area contributed by atoms with E-state index in [0.717, 1.165) is 5.56 Å². The van der Waals surface area contributed by atoms with E-state index >= 15 is 0 Å². The number of carbonyl (C=O) groups is 1. The predicted molar refractivity (Wildman–Crippen MR) is 77.2 cm³/mol. The molecule has 0 aliphatic heterocycles. The maximum Gasteiger partial charge on any atom is 0.270 e. The summed E-state index contributed by atoms with van der Waals surface area (Å²) in [6.07, 6.45) is 1.36. The van der Waals surface area contributed by atoms with Crippen molar-refractivity contribution in [1.29, 1.82) is 0 Å². The largest absolute Gasteiger partial charge is 0.494 e. The highest BCUT2D eigenvalue weighted by molar-refractivity contribution is 6.43. The van der Waals surface area contributed by atoms with E-state index in [1.807, 2.05) is 0 Å². The fraction of sp³-hybridized carbons (Fsp3) is 0.200. The molecule has 0 aliphatic rings. The Balaban J connectivity index is 2.74. The van der Waals surface area contributed by atoms with E-state index in [1.54, 1.807) is 13.0 Å². The van der Waals surface area contributed by atoms with Crippen LogP contribution in [0.15, 0.2) is 48.1 Å². The third kappa shape index (κ3) is 4.35. The third-order valence-corrected chi connectivity index (χ3v) is 2.41. The minimum atomic E-state index is -0.446. The number of nitrogens with one attached hydrogen (secondary N) is 1. The lowest BCUT2D eigenvalue weighted by atomic mass is 10.2. The highest BCUT2D eigenvalue weighted by Crippen LogP contribution is 2.17. The normalized spacial score (nSPS) is 10.8. The number of methoxy groups -OCH3 is 1. The van der Waals surface area contributed by atoms with Gasteiger partial charge in [0.05, 0.1) is 7.11 Å². The Morgan fingerprint density at radius 3 is 2.80 bits per heavy atom. The van der Waals surface area contributed by atoms with Gasteiger partial charge in [0.2, 0.25) is 0 Å². The van der Waals surface area contributed by atoms with Crippen molar-refractivity contribution in [2.45, 2.75) is 13.5 Å². The van der Waals surface area contributed by atoms with E-state index in [0.29, 0.717) is 5.70 Å². The zero-order valence-electron chi connectivity index (χ0n) is 11.6. The van der Waals surface area contributed by atoms with Crippen LogP contribution in [0.4, 0.5) is 4.39 Å². The fourth-order valence-electron chi connectivity index (χ4n) is 1.48. The number of nitrogens with zero attached hydrogens (tertiary/aromatic N) is 1. The Kier molecular flexibility index (Phi) is 5.65. The smallest absolute Gasteiger partial charge is 0.270 e. The molecule has 0 saturated heterocycles. The van der Waals surface area contributed by atoms with Crippen molar-refractivity contribution in [2.75, 3.05) is 7.11 Å². The SMILES string of the molecule is C=CC(=NC(=C)C)C(=O)NCc1ccc(F)c(OC)c1. The van der Waals surface area contributed by atoms with Crippen LogP contribution >= 0.6 is 0 Å². The number of benzene rings is 1. The van der Waals surface area contributed by atoms with Gasteiger partial charge in [0, 0.05) is 12.2 Å². The molecule has 0 saturated carbocycles. The third-order valence-electron chi connectivity index (χ3n) is 2.41. The van der Waals surface area contributed by atoms with Crippen molar-refractivity contribution in [2.24, 2.45) is 4.99 Å². The predicted octanol–water partition coefficient (Wildman–Crippen LogP) is 2.61. The Bertz CT molecular complexity index is 565. The summed E-state index contributed by atoms with van der Waals surface area (Å²) in [5.41, 5.74) is 1.42. The van der Waals surface area contributed by atoms with Crippen molar-refractivity contribution < 1.29 is 13.9 Å². The maximum absolute atomic E-state index is 13.2. The molecule has 0 fully saturated rings. The first-order chi connectivity index (χ1) is 9.47. The van der Waals surface area contributed by atoms with Crippen molar-refractivity contribution in [3.63, 3.8) is 0 Å². The van der Waals surface area contributed by atoms with E-state index in [2.05, 4.69) is 23.5 Å². The van der Waals surface area contributed by atoms with Gasteiger partial charge in [-0.2, -0.15) is 0 Å². The molecule has 4 nitrogen and oxygen atoms in total. The topological polar surface area (TPSA) is 50.7 Å². The molecule has 0 heterocycles. The van der Waals surface area contributed by atoms with Gasteiger partial charge in [-0.15, -0.1) is 0 Å². The highest BCUT2D eigenvalue weighted by Gasteiger charge is 2.09. The number of amides is 1. The maximum atomic E-state index is 13.2. The molecule has 1 aromatic carbocycles. The van der Waals surface area contributed by atoms with Gasteiger partial charge >= 0.3 is 0 Å². The van der Waals surface area contributed by atoms with Crippen molar-refractivity contribution in [3.05, 3.63) is 54.5 Å². The van der Waals surface area contributed by atoms with Crippen LogP contribution in [-0.2, 0) is 11.3 Å². The standard InChI is InChI=1S/C15H17FN2O2/c1-5-13(18-10(2)3)15(19)17-9-11-6-7-12(16)14(8-11)20-4/h5-8H,1-2,9H2,3-4H3,(H,17,19). The summed E-state index contributed by atoms with van der Waals surface area (Å²) in [6, 6.07) is 4.39. The molecule has 0 aliphatic carbocycles. The van der Waals surface area contributed by atoms with Gasteiger partial charge < -0.3 is 10.1 Å². The van der Waals surface area contributed by atoms with Gasteiger partial charge in [-0.3, -0.25) is 4.79 Å². The highest BCUT2D eigenvalue weighted by atomic mass is 19.1. The zero-order chi connectivity index (χ0) is 15.1. The second-order valence-electron chi connectivity index (χ2n) is 4.09. The minimum absolute atomic E-state index is 0.135. The minimum Gasteiger partial charge on any atom is -0.494 e. The molecule has 106 valence electrons. The molecule has 0 spiro atoms. The van der Waals surface area contributed by atoms with E-state index in [4.69, 9.17) is 4.74 Å². The number of aliphatic imine (C=N–C) groups is 1. The van der Waals surface area contributed by atoms with Gasteiger partial charge in [0.1, 0.15) is 5.71 Å². The molecule has 0 unspecified atom stereocenters. The average Bonchev–Trinajstić information content (AvgIpc) is 2.43. The molecule has 1 rings (SSSR count). The Morgan fingerprint density at radius 1 is 1.55 bits per heavy atom. The Hall–Kier alpha value is -2.43. The van der Waals surface area contributed by atoms with Crippen LogP contribution in [0.3, 0.4) is 0 Å². The number of carbonyl (C=O) groups excluding carboxylic acids is 1. The van der Waals surface area contributed by atoms with Crippen molar-refractivity contribution >= 4 is 11.6 Å². The molecule has 20 heavy (non-hydrogen) atoms. The van der Waals surface area contributed by atoms with Crippen LogP contribution in [0.25, 0.3) is 0 Å². The second-order valence-corrected chi connectivity index (χ2v) is 4.09. The zero-order valence-corrected chi connectivity index (χ0v) is 11.6. The van der Waals surface area contributed by atoms with Gasteiger partial charge in [0.15, 0.2) is 11.6 Å². The van der Waals surface area contributed by atoms with Gasteiger partial charge in [-0.05, 0) is 30.7 Å². The van der Waals surface area contributed by atoms with E-state index < -0.39 is 5.82 Å². The summed E-state index contributed by atoms with van der Waals surface area (Å²) in [4.78, 5) is 15.8. The first kappa shape index (κ1) is 15.6. The molecule has 0 atom stereocenters. The van der Waals surface area contributed by atoms with E-state index in [9.17, 15) is 9.18 Å². The lowest BCUT2D eigenvalue weighted by molar-refractivity contribution is -0.114. The summed E-state index contributed by atoms with van der Waals surface area (Å²) in [7, 11) is 1.39. The average molecular weight is 276 g/mol. The molecule has 1 aromatic rings. The quantitative estimate of drug-likeness (QED) is 0.812. The molecule has 0 radical (unpaired) electrons. The summed E-state index contributed by atoms with van der Waals surface area (Å²) in [5.74, 6) is -0.680. The van der Waals surface area contributed by atoms with Crippen LogP contribution in [0.5, 0.6) is 5.75 Å². The number of ether oxygens (including phenoxy) is 1. The first-order valence-electron chi connectivity index (χ1n) is 5.95. The van der Waals surface area contributed by atoms with Crippen LogP contribution in [0.1, 0.15) is 12.5 Å². The molecule has 1 amide bonds. The van der Waals surface area contributed by atoms with Gasteiger partial charge in [0.25, 0.3) is 5.91 Å². The molecular weight excluding hydrogens is 259 g/mol. The van der Waals surface area contributed by atoms with Crippen LogP contribution in [0, 0.1) is 5.82 Å². The first-order valence-corrected chi connectivity index (χ1v) is 5.95. The van der Waals surface area contributed by atoms with E-state index in [1.165, 1.54) is 25.3 Å². The number of hydrogen-bond acceptors (Lipinski definition) is 3. The monoisotopic (exact) mass is 276 g/mol. The lowest BCUT2D eigenvalue weighted by Crippen LogP contribution is -2.29. The van der Waals surface area contributed by atoms with Crippen LogP contribution in [0.2, 0.25) is 0 Å². The molecule has 0 bridgehead atoms. The Labute approximate surface area is 117 Å². The number of halogens is 1. The summed E-state index contributed by atoms with van der Waals surface area (Å²) >= 11 is 0. The number of hydrogen-bond donors (Lipinski definition) is 1. The van der Waals surface area contributed by atoms with Crippen molar-refractivity contribution in [1.82, 2.24) is 5.32 Å². The van der Waals surface area contributed by atoms with Gasteiger partial charge in [-0.1, -0.05) is 19.2 Å².